The van der Waals surface area contributed by atoms with Crippen LogP contribution >= 0.6 is 0 Å². The van der Waals surface area contributed by atoms with Crippen molar-refractivity contribution in [2.24, 2.45) is 0 Å². The van der Waals surface area contributed by atoms with Crippen molar-refractivity contribution >= 4 is 11.9 Å². The van der Waals surface area contributed by atoms with E-state index < -0.39 is 12.1 Å². The van der Waals surface area contributed by atoms with Crippen LogP contribution < -0.4 is 5.32 Å². The number of nitrogens with one attached hydrogen (secondary N) is 1. The summed E-state index contributed by atoms with van der Waals surface area (Å²) < 4.78 is 5.46. The Labute approximate surface area is 417 Å². The predicted octanol–water partition coefficient (Wildman–Crippen LogP) is 18.4. The zero-order valence-electron chi connectivity index (χ0n) is 44.9. The quantitative estimate of drug-likeness (QED) is 0.0321. The molecule has 0 saturated carbocycles. The lowest BCUT2D eigenvalue weighted by Gasteiger charge is -2.22. The lowest BCUT2D eigenvalue weighted by Crippen LogP contribution is -2.45. The molecular weight excluding hydrogens is 827 g/mol. The van der Waals surface area contributed by atoms with Gasteiger partial charge in [-0.15, -0.1) is 0 Å². The maximum Gasteiger partial charge on any atom is 0.305 e. The topological polar surface area (TPSA) is 95.9 Å². The monoisotopic (exact) mass is 942 g/mol. The summed E-state index contributed by atoms with van der Waals surface area (Å²) in [5.41, 5.74) is 0. The predicted molar refractivity (Wildman–Crippen MR) is 292 cm³/mol. The highest BCUT2D eigenvalue weighted by Gasteiger charge is 2.20. The average molecular weight is 943 g/mol. The van der Waals surface area contributed by atoms with Crippen LogP contribution in [0.15, 0.2) is 36.5 Å². The number of carbonyl (C=O) groups excluding carboxylic acids is 2. The third-order valence-corrected chi connectivity index (χ3v) is 13.7. The number of aliphatic hydroxyl groups excluding tert-OH is 2. The molecule has 0 fully saturated rings. The minimum absolute atomic E-state index is 0.000218. The molecular formula is C61H115NO5. The number of allylic oxidation sites excluding steroid dienone is 6. The van der Waals surface area contributed by atoms with Crippen LogP contribution in [0.1, 0.15) is 316 Å². The Morgan fingerprint density at radius 1 is 0.418 bits per heavy atom. The zero-order chi connectivity index (χ0) is 48.6. The molecule has 0 spiro atoms. The number of ether oxygens (including phenoxy) is 1. The van der Waals surface area contributed by atoms with Crippen LogP contribution in [-0.4, -0.2) is 47.4 Å². The van der Waals surface area contributed by atoms with Gasteiger partial charge in [-0.2, -0.15) is 0 Å². The Kier molecular flexibility index (Phi) is 55.0. The van der Waals surface area contributed by atoms with Gasteiger partial charge in [-0.3, -0.25) is 9.59 Å². The second-order valence-corrected chi connectivity index (χ2v) is 20.3. The Morgan fingerprint density at radius 3 is 1.18 bits per heavy atom. The van der Waals surface area contributed by atoms with Gasteiger partial charge >= 0.3 is 5.97 Å². The summed E-state index contributed by atoms with van der Waals surface area (Å²) in [5, 5.41) is 23.2. The maximum atomic E-state index is 12.4. The third-order valence-electron chi connectivity index (χ3n) is 13.7. The molecule has 0 aliphatic heterocycles. The summed E-state index contributed by atoms with van der Waals surface area (Å²) >= 11 is 0. The van der Waals surface area contributed by atoms with E-state index in [9.17, 15) is 19.8 Å². The molecule has 0 aromatic carbocycles. The molecule has 3 N–H and O–H groups in total. The second kappa shape index (κ2) is 56.7. The first-order chi connectivity index (χ1) is 33.0. The van der Waals surface area contributed by atoms with Crippen LogP contribution in [0, 0.1) is 0 Å². The third kappa shape index (κ3) is 53.3. The fourth-order valence-corrected chi connectivity index (χ4v) is 9.08. The van der Waals surface area contributed by atoms with Crippen molar-refractivity contribution in [3.63, 3.8) is 0 Å². The molecule has 67 heavy (non-hydrogen) atoms. The maximum absolute atomic E-state index is 12.4. The number of hydrogen-bond acceptors (Lipinski definition) is 5. The number of hydrogen-bond donors (Lipinski definition) is 3. The van der Waals surface area contributed by atoms with Crippen LogP contribution in [0.3, 0.4) is 0 Å². The number of rotatable bonds is 55. The average Bonchev–Trinajstić information content (AvgIpc) is 3.33. The van der Waals surface area contributed by atoms with Crippen LogP contribution in [0.25, 0.3) is 0 Å². The molecule has 6 nitrogen and oxygen atoms in total. The number of esters is 1. The summed E-state index contributed by atoms with van der Waals surface area (Å²) in [6.07, 6.45) is 70.1. The lowest BCUT2D eigenvalue weighted by molar-refractivity contribution is -0.143. The van der Waals surface area contributed by atoms with Crippen LogP contribution in [-0.2, 0) is 14.3 Å². The van der Waals surface area contributed by atoms with Gasteiger partial charge < -0.3 is 20.3 Å². The Hall–Kier alpha value is -1.92. The van der Waals surface area contributed by atoms with Crippen LogP contribution in [0.4, 0.5) is 0 Å². The summed E-state index contributed by atoms with van der Waals surface area (Å²) in [4.78, 5) is 24.4. The first-order valence-corrected chi connectivity index (χ1v) is 29.7. The lowest BCUT2D eigenvalue weighted by atomic mass is 10.0. The molecule has 0 aromatic rings. The fraction of sp³-hybridized carbons (Fsp3) is 0.869. The van der Waals surface area contributed by atoms with E-state index in [4.69, 9.17) is 4.74 Å². The fourth-order valence-electron chi connectivity index (χ4n) is 9.08. The number of amides is 1. The van der Waals surface area contributed by atoms with E-state index in [0.29, 0.717) is 25.9 Å². The van der Waals surface area contributed by atoms with Gasteiger partial charge in [0.2, 0.25) is 5.91 Å². The van der Waals surface area contributed by atoms with E-state index in [2.05, 4.69) is 55.6 Å². The molecule has 1 amide bonds. The van der Waals surface area contributed by atoms with E-state index in [0.717, 1.165) is 51.4 Å². The highest BCUT2D eigenvalue weighted by Crippen LogP contribution is 2.17. The van der Waals surface area contributed by atoms with Gasteiger partial charge in [-0.25, -0.2) is 0 Å². The summed E-state index contributed by atoms with van der Waals surface area (Å²) in [6, 6.07) is -0.542. The molecule has 0 aliphatic carbocycles. The molecule has 0 aromatic heterocycles. The Bertz CT molecular complexity index is 1090. The van der Waals surface area contributed by atoms with Crippen molar-refractivity contribution in [3.05, 3.63) is 36.5 Å². The molecule has 2 unspecified atom stereocenters. The highest BCUT2D eigenvalue weighted by atomic mass is 16.5. The minimum atomic E-state index is -0.665. The van der Waals surface area contributed by atoms with Gasteiger partial charge in [0.05, 0.1) is 25.4 Å². The van der Waals surface area contributed by atoms with E-state index in [1.54, 1.807) is 0 Å². The van der Waals surface area contributed by atoms with Crippen molar-refractivity contribution < 1.29 is 24.5 Å². The van der Waals surface area contributed by atoms with Crippen molar-refractivity contribution in [1.29, 1.82) is 0 Å². The molecule has 0 heterocycles. The molecule has 0 radical (unpaired) electrons. The number of unbranched alkanes of at least 4 members (excludes halogenated alkanes) is 38. The van der Waals surface area contributed by atoms with Gasteiger partial charge in [0.15, 0.2) is 0 Å². The van der Waals surface area contributed by atoms with E-state index >= 15 is 0 Å². The van der Waals surface area contributed by atoms with E-state index in [-0.39, 0.29) is 18.5 Å². The van der Waals surface area contributed by atoms with Gasteiger partial charge in [0, 0.05) is 12.8 Å². The zero-order valence-corrected chi connectivity index (χ0v) is 44.9. The van der Waals surface area contributed by atoms with Crippen LogP contribution in [0.2, 0.25) is 0 Å². The molecule has 0 aliphatic rings. The summed E-state index contributed by atoms with van der Waals surface area (Å²) in [7, 11) is 0. The van der Waals surface area contributed by atoms with Crippen molar-refractivity contribution in [1.82, 2.24) is 5.32 Å². The molecule has 6 heteroatoms. The summed E-state index contributed by atoms with van der Waals surface area (Å²) in [6.45, 7) is 4.92. The van der Waals surface area contributed by atoms with Crippen molar-refractivity contribution in [2.75, 3.05) is 13.2 Å². The highest BCUT2D eigenvalue weighted by molar-refractivity contribution is 5.76. The first-order valence-electron chi connectivity index (χ1n) is 29.7. The van der Waals surface area contributed by atoms with Gasteiger partial charge in [-0.05, 0) is 83.5 Å². The normalized spacial score (nSPS) is 12.8. The minimum Gasteiger partial charge on any atom is -0.466 e. The SMILES string of the molecule is CCCCC/C=C\CCCCCCCC(=O)OCCCCCCCCCCC/C=C\C/C=C\CCCCCCCCCCCCCC(=O)NC(CO)C(O)CCCCCCCCCCCCC. The summed E-state index contributed by atoms with van der Waals surface area (Å²) in [5.74, 6) is -0.0387. The molecule has 2 atom stereocenters. The van der Waals surface area contributed by atoms with Crippen molar-refractivity contribution in [3.8, 4) is 0 Å². The molecule has 0 rings (SSSR count). The number of carbonyl (C=O) groups is 2. The van der Waals surface area contributed by atoms with Gasteiger partial charge in [-0.1, -0.05) is 256 Å². The number of aliphatic hydroxyl groups is 2. The van der Waals surface area contributed by atoms with E-state index in [1.807, 2.05) is 0 Å². The molecule has 394 valence electrons. The van der Waals surface area contributed by atoms with Gasteiger partial charge in [0.25, 0.3) is 0 Å². The van der Waals surface area contributed by atoms with Crippen molar-refractivity contribution in [2.45, 2.75) is 328 Å². The van der Waals surface area contributed by atoms with E-state index in [1.165, 1.54) is 231 Å². The largest absolute Gasteiger partial charge is 0.466 e. The molecule has 0 bridgehead atoms. The Morgan fingerprint density at radius 2 is 0.746 bits per heavy atom. The first kappa shape index (κ1) is 65.1. The molecule has 0 saturated heterocycles. The standard InChI is InChI=1S/C61H115NO5/c1-3-5-7-9-11-13-15-35-39-43-47-51-55-61(66)67-56-52-48-44-40-36-32-30-28-26-24-22-20-18-16-17-19-21-23-25-27-29-31-34-38-42-46-50-54-60(65)62-58(57-63)59(64)53-49-45-41-37-33-14-12-10-8-6-4-2/h11,13,16-17,20,22,58-59,63-64H,3-10,12,14-15,18-19,21,23-57H2,1-2H3,(H,62,65)/b13-11-,17-16-,22-20-. The Balaban J connectivity index is 3.41. The smallest absolute Gasteiger partial charge is 0.305 e. The van der Waals surface area contributed by atoms with Gasteiger partial charge in [0.1, 0.15) is 0 Å². The second-order valence-electron chi connectivity index (χ2n) is 20.3. The van der Waals surface area contributed by atoms with Crippen LogP contribution in [0.5, 0.6) is 0 Å².